The molecule has 0 atom stereocenters. The van der Waals surface area contributed by atoms with E-state index in [4.69, 9.17) is 23.2 Å². The Hall–Kier alpha value is -2.70. The molecule has 0 aliphatic heterocycles. The van der Waals surface area contributed by atoms with E-state index in [0.717, 1.165) is 11.3 Å². The van der Waals surface area contributed by atoms with Gasteiger partial charge in [-0.25, -0.2) is 4.68 Å². The third-order valence-corrected chi connectivity index (χ3v) is 3.86. The van der Waals surface area contributed by atoms with E-state index in [9.17, 15) is 4.79 Å². The van der Waals surface area contributed by atoms with Crippen molar-refractivity contribution in [1.82, 2.24) is 20.2 Å². The van der Waals surface area contributed by atoms with Crippen LogP contribution in [0, 0.1) is 0 Å². The molecule has 1 heterocycles. The Morgan fingerprint density at radius 3 is 2.54 bits per heavy atom. The second kappa shape index (κ2) is 7.25. The molecule has 0 aliphatic carbocycles. The van der Waals surface area contributed by atoms with Crippen LogP contribution in [0.2, 0.25) is 10.0 Å². The van der Waals surface area contributed by atoms with Gasteiger partial charge in [-0.2, -0.15) is 0 Å². The summed E-state index contributed by atoms with van der Waals surface area (Å²) in [6.07, 6.45) is 4.58. The quantitative estimate of drug-likeness (QED) is 0.722. The van der Waals surface area contributed by atoms with Crippen molar-refractivity contribution in [3.63, 3.8) is 0 Å². The van der Waals surface area contributed by atoms with Crippen LogP contribution in [0.5, 0.6) is 0 Å². The highest BCUT2D eigenvalue weighted by atomic mass is 35.5. The molecule has 120 valence electrons. The van der Waals surface area contributed by atoms with Gasteiger partial charge in [-0.15, -0.1) is 5.10 Å². The molecule has 1 amide bonds. The van der Waals surface area contributed by atoms with Gasteiger partial charge in [0.1, 0.15) is 6.33 Å². The maximum Gasteiger partial charge on any atom is 0.248 e. The highest BCUT2D eigenvalue weighted by Crippen LogP contribution is 2.23. The van der Waals surface area contributed by atoms with Crippen LogP contribution >= 0.6 is 23.2 Å². The van der Waals surface area contributed by atoms with E-state index in [-0.39, 0.29) is 5.91 Å². The van der Waals surface area contributed by atoms with Crippen LogP contribution in [0.15, 0.2) is 54.9 Å². The molecule has 0 fully saturated rings. The fraction of sp³-hybridized carbons (Fsp3) is 0. The number of carbonyl (C=O) groups is 1. The molecule has 1 N–H and O–H groups in total. The zero-order valence-electron chi connectivity index (χ0n) is 12.2. The van der Waals surface area contributed by atoms with E-state index in [1.165, 1.54) is 17.1 Å². The van der Waals surface area contributed by atoms with E-state index in [1.807, 2.05) is 0 Å². The summed E-state index contributed by atoms with van der Waals surface area (Å²) in [6.45, 7) is 0. The van der Waals surface area contributed by atoms with Crippen molar-refractivity contribution in [3.05, 3.63) is 70.5 Å². The lowest BCUT2D eigenvalue weighted by molar-refractivity contribution is -0.111. The largest absolute Gasteiger partial charge is 0.323 e. The molecule has 0 unspecified atom stereocenters. The van der Waals surface area contributed by atoms with E-state index in [1.54, 1.807) is 48.5 Å². The summed E-state index contributed by atoms with van der Waals surface area (Å²) in [7, 11) is 0. The molecule has 0 radical (unpaired) electrons. The summed E-state index contributed by atoms with van der Waals surface area (Å²) in [5.41, 5.74) is 2.24. The zero-order valence-corrected chi connectivity index (χ0v) is 13.7. The van der Waals surface area contributed by atoms with Crippen LogP contribution in [-0.2, 0) is 4.79 Å². The third-order valence-electron chi connectivity index (χ3n) is 3.12. The van der Waals surface area contributed by atoms with Crippen LogP contribution in [0.3, 0.4) is 0 Å². The Morgan fingerprint density at radius 2 is 1.88 bits per heavy atom. The number of tetrazole rings is 1. The number of rotatable bonds is 4. The smallest absolute Gasteiger partial charge is 0.248 e. The Kier molecular flexibility index (Phi) is 4.88. The van der Waals surface area contributed by atoms with E-state index in [2.05, 4.69) is 20.8 Å². The standard InChI is InChI=1S/C16H11Cl2N5O/c17-14-7-1-11(9-15(14)18)2-8-16(24)20-12-3-5-13(6-4-12)23-10-19-21-22-23/h1-10H,(H,20,24)/b8-2+. The van der Waals surface area contributed by atoms with Crippen molar-refractivity contribution in [1.29, 1.82) is 0 Å². The number of hydrogen-bond donors (Lipinski definition) is 1. The second-order valence-corrected chi connectivity index (χ2v) is 5.61. The summed E-state index contributed by atoms with van der Waals surface area (Å²) in [4.78, 5) is 12.0. The van der Waals surface area contributed by atoms with Crippen molar-refractivity contribution < 1.29 is 4.79 Å². The lowest BCUT2D eigenvalue weighted by Gasteiger charge is -2.04. The number of amides is 1. The Labute approximate surface area is 147 Å². The van der Waals surface area contributed by atoms with Crippen LogP contribution in [0.1, 0.15) is 5.56 Å². The normalized spacial score (nSPS) is 10.9. The number of anilines is 1. The van der Waals surface area contributed by atoms with Gasteiger partial charge in [-0.05, 0) is 58.5 Å². The summed E-state index contributed by atoms with van der Waals surface area (Å²) >= 11 is 11.8. The maximum atomic E-state index is 12.0. The number of halogens is 2. The molecule has 2 aromatic carbocycles. The first-order valence-electron chi connectivity index (χ1n) is 6.89. The highest BCUT2D eigenvalue weighted by molar-refractivity contribution is 6.42. The lowest BCUT2D eigenvalue weighted by atomic mass is 10.2. The summed E-state index contributed by atoms with van der Waals surface area (Å²) in [5, 5.41) is 14.6. The first-order valence-corrected chi connectivity index (χ1v) is 7.65. The predicted octanol–water partition coefficient (Wildman–Crippen LogP) is 3.62. The number of aromatic nitrogens is 4. The monoisotopic (exact) mass is 359 g/mol. The van der Waals surface area contributed by atoms with Gasteiger partial charge in [0.15, 0.2) is 0 Å². The summed E-state index contributed by atoms with van der Waals surface area (Å²) in [5.74, 6) is -0.253. The average Bonchev–Trinajstić information content (AvgIpc) is 3.11. The van der Waals surface area contributed by atoms with Gasteiger partial charge >= 0.3 is 0 Å². The van der Waals surface area contributed by atoms with Gasteiger partial charge in [-0.3, -0.25) is 4.79 Å². The van der Waals surface area contributed by atoms with E-state index >= 15 is 0 Å². The highest BCUT2D eigenvalue weighted by Gasteiger charge is 2.01. The Balaban J connectivity index is 1.64. The average molecular weight is 360 g/mol. The number of nitrogens with zero attached hydrogens (tertiary/aromatic N) is 4. The Bertz CT molecular complexity index is 876. The second-order valence-electron chi connectivity index (χ2n) is 4.80. The number of carbonyl (C=O) groups excluding carboxylic acids is 1. The van der Waals surface area contributed by atoms with Crippen LogP contribution in [-0.4, -0.2) is 26.1 Å². The predicted molar refractivity (Wildman–Crippen MR) is 93.3 cm³/mol. The molecule has 0 saturated heterocycles. The lowest BCUT2D eigenvalue weighted by Crippen LogP contribution is -2.07. The molecular weight excluding hydrogens is 349 g/mol. The van der Waals surface area contributed by atoms with Gasteiger partial charge in [-0.1, -0.05) is 29.3 Å². The fourth-order valence-corrected chi connectivity index (χ4v) is 2.26. The molecule has 0 aliphatic rings. The van der Waals surface area contributed by atoms with Crippen LogP contribution in [0.4, 0.5) is 5.69 Å². The number of benzene rings is 2. The summed E-state index contributed by atoms with van der Waals surface area (Å²) < 4.78 is 1.52. The van der Waals surface area contributed by atoms with Crippen molar-refractivity contribution >= 4 is 40.9 Å². The van der Waals surface area contributed by atoms with Gasteiger partial charge in [0.2, 0.25) is 5.91 Å². The number of nitrogens with one attached hydrogen (secondary N) is 1. The molecule has 3 rings (SSSR count). The van der Waals surface area contributed by atoms with E-state index < -0.39 is 0 Å². The van der Waals surface area contributed by atoms with Crippen molar-refractivity contribution in [2.45, 2.75) is 0 Å². The van der Waals surface area contributed by atoms with Crippen LogP contribution in [0.25, 0.3) is 11.8 Å². The van der Waals surface area contributed by atoms with Gasteiger partial charge < -0.3 is 5.32 Å². The molecule has 1 aromatic heterocycles. The minimum Gasteiger partial charge on any atom is -0.323 e. The molecule has 0 spiro atoms. The van der Waals surface area contributed by atoms with Crippen molar-refractivity contribution in [2.24, 2.45) is 0 Å². The van der Waals surface area contributed by atoms with E-state index in [0.29, 0.717) is 15.7 Å². The fourth-order valence-electron chi connectivity index (χ4n) is 1.95. The molecule has 0 saturated carbocycles. The summed E-state index contributed by atoms with van der Waals surface area (Å²) in [6, 6.07) is 12.3. The molecule has 3 aromatic rings. The Morgan fingerprint density at radius 1 is 1.08 bits per heavy atom. The van der Waals surface area contributed by atoms with Crippen molar-refractivity contribution in [3.8, 4) is 5.69 Å². The molecule has 24 heavy (non-hydrogen) atoms. The molecule has 8 heteroatoms. The van der Waals surface area contributed by atoms with Crippen molar-refractivity contribution in [2.75, 3.05) is 5.32 Å². The molecule has 0 bridgehead atoms. The number of hydrogen-bond acceptors (Lipinski definition) is 4. The minimum atomic E-state index is -0.253. The molecular formula is C16H11Cl2N5O. The molecule has 6 nitrogen and oxygen atoms in total. The third kappa shape index (κ3) is 3.98. The van der Waals surface area contributed by atoms with Gasteiger partial charge in [0, 0.05) is 11.8 Å². The van der Waals surface area contributed by atoms with Gasteiger partial charge in [0.05, 0.1) is 15.7 Å². The first kappa shape index (κ1) is 16.2. The SMILES string of the molecule is O=C(/C=C/c1ccc(Cl)c(Cl)c1)Nc1ccc(-n2cnnn2)cc1. The topological polar surface area (TPSA) is 72.7 Å². The zero-order chi connectivity index (χ0) is 16.9. The maximum absolute atomic E-state index is 12.0. The van der Waals surface area contributed by atoms with Crippen LogP contribution < -0.4 is 5.32 Å². The van der Waals surface area contributed by atoms with Gasteiger partial charge in [0.25, 0.3) is 0 Å². The minimum absolute atomic E-state index is 0.253. The first-order chi connectivity index (χ1) is 11.6.